The lowest BCUT2D eigenvalue weighted by molar-refractivity contribution is 0.417. The number of fused-ring (bicyclic) bond motifs is 1. The highest BCUT2D eigenvalue weighted by Gasteiger charge is 2.07. The maximum Gasteiger partial charge on any atom is 0.142 e. The summed E-state index contributed by atoms with van der Waals surface area (Å²) >= 11 is 6.05. The molecule has 0 atom stereocenters. The number of methoxy groups -OCH3 is 1. The van der Waals surface area contributed by atoms with E-state index in [2.05, 4.69) is 10.3 Å². The van der Waals surface area contributed by atoms with Crippen molar-refractivity contribution in [1.29, 1.82) is 0 Å². The number of nitrogens with one attached hydrogen (secondary N) is 1. The molecule has 0 radical (unpaired) electrons. The van der Waals surface area contributed by atoms with Crippen molar-refractivity contribution in [2.45, 2.75) is 6.92 Å². The Hall–Kier alpha value is -1.97. The summed E-state index contributed by atoms with van der Waals surface area (Å²) in [7, 11) is 1.66. The molecule has 2 aromatic carbocycles. The zero-order chi connectivity index (χ0) is 14.8. The summed E-state index contributed by atoms with van der Waals surface area (Å²) < 4.78 is 5.38. The van der Waals surface area contributed by atoms with Gasteiger partial charge in [0.05, 0.1) is 18.3 Å². The van der Waals surface area contributed by atoms with Crippen LogP contribution in [0.1, 0.15) is 5.69 Å². The number of nitrogens with zero attached hydrogens (tertiary/aromatic N) is 1. The topological polar surface area (TPSA) is 34.1 Å². The molecule has 0 spiro atoms. The number of ether oxygens (including phenoxy) is 1. The summed E-state index contributed by atoms with van der Waals surface area (Å²) in [5.41, 5.74) is 3.71. The number of rotatable bonds is 3. The molecule has 0 saturated carbocycles. The molecule has 0 aliphatic carbocycles. The van der Waals surface area contributed by atoms with Crippen molar-refractivity contribution in [2.75, 3.05) is 12.4 Å². The average Bonchev–Trinajstić information content (AvgIpc) is 2.47. The first-order valence-corrected chi connectivity index (χ1v) is 7.02. The normalized spacial score (nSPS) is 10.1. The Labute approximate surface area is 140 Å². The molecule has 22 heavy (non-hydrogen) atoms. The van der Waals surface area contributed by atoms with Gasteiger partial charge in [0.2, 0.25) is 0 Å². The van der Waals surface area contributed by atoms with Gasteiger partial charge in [-0.05, 0) is 43.3 Å². The highest BCUT2D eigenvalue weighted by atomic mass is 35.5. The fourth-order valence-electron chi connectivity index (χ4n) is 2.33. The Morgan fingerprint density at radius 2 is 1.82 bits per heavy atom. The first kappa shape index (κ1) is 16.4. The molecule has 3 nitrogen and oxygen atoms in total. The van der Waals surface area contributed by atoms with Gasteiger partial charge < -0.3 is 10.1 Å². The Balaban J connectivity index is 0.00000176. The van der Waals surface area contributed by atoms with Crippen LogP contribution in [-0.4, -0.2) is 12.1 Å². The Morgan fingerprint density at radius 1 is 1.05 bits per heavy atom. The lowest BCUT2D eigenvalue weighted by Gasteiger charge is -2.13. The third-order valence-electron chi connectivity index (χ3n) is 3.28. The molecule has 1 aromatic heterocycles. The van der Waals surface area contributed by atoms with E-state index in [0.717, 1.165) is 33.7 Å². The number of hydrogen-bond donors (Lipinski definition) is 1. The Morgan fingerprint density at radius 3 is 2.59 bits per heavy atom. The van der Waals surface area contributed by atoms with E-state index in [9.17, 15) is 0 Å². The van der Waals surface area contributed by atoms with Crippen LogP contribution in [0.3, 0.4) is 0 Å². The van der Waals surface area contributed by atoms with Crippen LogP contribution in [0.25, 0.3) is 10.9 Å². The van der Waals surface area contributed by atoms with Gasteiger partial charge >= 0.3 is 0 Å². The predicted molar refractivity (Wildman–Crippen MR) is 95.0 cm³/mol. The van der Waals surface area contributed by atoms with Crippen molar-refractivity contribution < 1.29 is 4.74 Å². The first-order valence-electron chi connectivity index (χ1n) is 6.64. The predicted octanol–water partition coefficient (Wildman–Crippen LogP) is 5.37. The molecule has 1 heterocycles. The average molecular weight is 335 g/mol. The number of aryl methyl sites for hydroxylation is 1. The number of anilines is 2. The van der Waals surface area contributed by atoms with Gasteiger partial charge in [0.25, 0.3) is 0 Å². The minimum absolute atomic E-state index is 0. The van der Waals surface area contributed by atoms with Crippen LogP contribution in [0.2, 0.25) is 5.02 Å². The van der Waals surface area contributed by atoms with Crippen molar-refractivity contribution in [3.05, 3.63) is 59.2 Å². The van der Waals surface area contributed by atoms with Crippen molar-refractivity contribution in [3.8, 4) is 5.75 Å². The van der Waals surface area contributed by atoms with E-state index in [1.165, 1.54) is 0 Å². The molecule has 114 valence electrons. The molecular weight excluding hydrogens is 319 g/mol. The van der Waals surface area contributed by atoms with Crippen molar-refractivity contribution >= 4 is 46.3 Å². The largest absolute Gasteiger partial charge is 0.495 e. The number of halogens is 2. The van der Waals surface area contributed by atoms with E-state index in [4.69, 9.17) is 16.3 Å². The number of para-hydroxylation sites is 2. The first-order chi connectivity index (χ1) is 10.2. The van der Waals surface area contributed by atoms with Crippen LogP contribution >= 0.6 is 24.0 Å². The minimum Gasteiger partial charge on any atom is -0.495 e. The second-order valence-electron chi connectivity index (χ2n) is 4.80. The summed E-state index contributed by atoms with van der Waals surface area (Å²) in [5, 5.41) is 5.13. The number of hydrogen-bond acceptors (Lipinski definition) is 3. The van der Waals surface area contributed by atoms with Crippen molar-refractivity contribution in [2.24, 2.45) is 0 Å². The number of pyridine rings is 1. The van der Waals surface area contributed by atoms with Gasteiger partial charge in [-0.1, -0.05) is 23.7 Å². The van der Waals surface area contributed by atoms with Crippen LogP contribution in [-0.2, 0) is 0 Å². The molecule has 0 saturated heterocycles. The van der Waals surface area contributed by atoms with Crippen LogP contribution in [0.15, 0.2) is 48.5 Å². The second-order valence-corrected chi connectivity index (χ2v) is 5.23. The van der Waals surface area contributed by atoms with Gasteiger partial charge in [-0.25, -0.2) is 0 Å². The zero-order valence-electron chi connectivity index (χ0n) is 12.3. The van der Waals surface area contributed by atoms with Crippen LogP contribution < -0.4 is 10.1 Å². The number of aromatic nitrogens is 1. The molecule has 3 aromatic rings. The van der Waals surface area contributed by atoms with Crippen molar-refractivity contribution in [1.82, 2.24) is 4.98 Å². The smallest absolute Gasteiger partial charge is 0.142 e. The molecule has 0 aliphatic heterocycles. The molecule has 0 aliphatic rings. The molecule has 0 fully saturated rings. The molecule has 0 amide bonds. The summed E-state index contributed by atoms with van der Waals surface area (Å²) in [5.74, 6) is 0.800. The zero-order valence-corrected chi connectivity index (χ0v) is 13.8. The van der Waals surface area contributed by atoms with Crippen LogP contribution in [0, 0.1) is 6.92 Å². The fraction of sp³-hybridized carbons (Fsp3) is 0.118. The molecule has 3 rings (SSSR count). The maximum absolute atomic E-state index is 6.05. The van der Waals surface area contributed by atoms with E-state index in [1.807, 2.05) is 55.5 Å². The van der Waals surface area contributed by atoms with E-state index < -0.39 is 0 Å². The monoisotopic (exact) mass is 334 g/mol. The van der Waals surface area contributed by atoms with Gasteiger partial charge in [-0.15, -0.1) is 12.4 Å². The Kier molecular flexibility index (Phi) is 5.11. The summed E-state index contributed by atoms with van der Waals surface area (Å²) in [6, 6.07) is 15.6. The molecule has 5 heteroatoms. The molecule has 0 bridgehead atoms. The van der Waals surface area contributed by atoms with Crippen LogP contribution in [0.5, 0.6) is 5.75 Å². The van der Waals surface area contributed by atoms with E-state index >= 15 is 0 Å². The third-order valence-corrected chi connectivity index (χ3v) is 3.51. The van der Waals surface area contributed by atoms with E-state index in [1.54, 1.807) is 7.11 Å². The van der Waals surface area contributed by atoms with Crippen molar-refractivity contribution in [3.63, 3.8) is 0 Å². The molecular formula is C17H16Cl2N2O. The van der Waals surface area contributed by atoms with Gasteiger partial charge in [0, 0.05) is 21.8 Å². The summed E-state index contributed by atoms with van der Waals surface area (Å²) in [6.07, 6.45) is 0. The lowest BCUT2D eigenvalue weighted by atomic mass is 10.1. The molecule has 0 unspecified atom stereocenters. The fourth-order valence-corrected chi connectivity index (χ4v) is 2.50. The Bertz CT molecular complexity index is 801. The maximum atomic E-state index is 6.05. The van der Waals surface area contributed by atoms with E-state index in [-0.39, 0.29) is 12.4 Å². The molecule has 1 N–H and O–H groups in total. The second kappa shape index (κ2) is 6.86. The quantitative estimate of drug-likeness (QED) is 0.699. The van der Waals surface area contributed by atoms with Gasteiger partial charge in [-0.3, -0.25) is 4.98 Å². The SMILES string of the molecule is COc1ccccc1Nc1cc(C)nc2cc(Cl)ccc12.Cl. The summed E-state index contributed by atoms with van der Waals surface area (Å²) in [4.78, 5) is 4.53. The highest BCUT2D eigenvalue weighted by Crippen LogP contribution is 2.32. The van der Waals surface area contributed by atoms with Crippen LogP contribution in [0.4, 0.5) is 11.4 Å². The minimum atomic E-state index is 0. The van der Waals surface area contributed by atoms with Gasteiger partial charge in [0.1, 0.15) is 5.75 Å². The van der Waals surface area contributed by atoms with E-state index in [0.29, 0.717) is 5.02 Å². The summed E-state index contributed by atoms with van der Waals surface area (Å²) in [6.45, 7) is 1.97. The standard InChI is InChI=1S/C17H15ClN2O.ClH/c1-11-9-15(13-8-7-12(18)10-16(13)19-11)20-14-5-3-4-6-17(14)21-2;/h3-10H,1-2H3,(H,19,20);1H. The third kappa shape index (κ3) is 3.26. The van der Waals surface area contributed by atoms with Gasteiger partial charge in [0.15, 0.2) is 0 Å². The lowest BCUT2D eigenvalue weighted by Crippen LogP contribution is -1.97. The highest BCUT2D eigenvalue weighted by molar-refractivity contribution is 6.31. The van der Waals surface area contributed by atoms with Gasteiger partial charge in [-0.2, -0.15) is 0 Å². The number of benzene rings is 2.